The SMILES string of the molecule is CN(C(=O)N(C)[C@@H]1CN(C(=O)C2CCOCC2)C[C@H]1c1ccc(F)cc1)c1cc(Br)cc(Br)c1. The molecule has 182 valence electrons. The van der Waals surface area contributed by atoms with Gasteiger partial charge in [-0.3, -0.25) is 9.69 Å². The molecule has 9 heteroatoms. The van der Waals surface area contributed by atoms with Gasteiger partial charge in [-0.1, -0.05) is 44.0 Å². The molecule has 0 unspecified atom stereocenters. The van der Waals surface area contributed by atoms with Crippen LogP contribution in [0.5, 0.6) is 0 Å². The van der Waals surface area contributed by atoms with Gasteiger partial charge in [0, 0.05) is 66.9 Å². The summed E-state index contributed by atoms with van der Waals surface area (Å²) in [6.45, 7) is 2.13. The lowest BCUT2D eigenvalue weighted by Crippen LogP contribution is -2.48. The maximum absolute atomic E-state index is 13.6. The Hall–Kier alpha value is -1.97. The largest absolute Gasteiger partial charge is 0.381 e. The summed E-state index contributed by atoms with van der Waals surface area (Å²) in [5.41, 5.74) is 1.66. The first kappa shape index (κ1) is 25.1. The van der Waals surface area contributed by atoms with Crippen molar-refractivity contribution in [1.82, 2.24) is 9.80 Å². The van der Waals surface area contributed by atoms with Crippen molar-refractivity contribution in [2.75, 3.05) is 45.3 Å². The van der Waals surface area contributed by atoms with Gasteiger partial charge >= 0.3 is 6.03 Å². The van der Waals surface area contributed by atoms with Crippen LogP contribution in [0.4, 0.5) is 14.9 Å². The smallest absolute Gasteiger partial charge is 0.324 e. The summed E-state index contributed by atoms with van der Waals surface area (Å²) >= 11 is 6.95. The van der Waals surface area contributed by atoms with E-state index in [4.69, 9.17) is 4.74 Å². The number of anilines is 1. The van der Waals surface area contributed by atoms with Crippen LogP contribution in [0.3, 0.4) is 0 Å². The van der Waals surface area contributed by atoms with E-state index in [0.717, 1.165) is 33.0 Å². The fourth-order valence-electron chi connectivity index (χ4n) is 4.82. The molecule has 0 aromatic heterocycles. The Morgan fingerprint density at radius 1 is 1.00 bits per heavy atom. The van der Waals surface area contributed by atoms with Crippen LogP contribution >= 0.6 is 31.9 Å². The minimum absolute atomic E-state index is 0.0518. The third-order valence-electron chi connectivity index (χ3n) is 6.79. The quantitative estimate of drug-likeness (QED) is 0.484. The predicted molar refractivity (Wildman–Crippen MR) is 136 cm³/mol. The predicted octanol–water partition coefficient (Wildman–Crippen LogP) is 5.26. The highest BCUT2D eigenvalue weighted by molar-refractivity contribution is 9.11. The molecular formula is C25H28Br2FN3O3. The second kappa shape index (κ2) is 10.7. The molecule has 2 aromatic rings. The Balaban J connectivity index is 1.58. The van der Waals surface area contributed by atoms with Crippen molar-refractivity contribution in [3.05, 3.63) is 62.8 Å². The van der Waals surface area contributed by atoms with E-state index in [1.165, 1.54) is 12.1 Å². The van der Waals surface area contributed by atoms with Gasteiger partial charge in [0.15, 0.2) is 0 Å². The zero-order chi connectivity index (χ0) is 24.4. The zero-order valence-corrected chi connectivity index (χ0v) is 22.4. The Bertz CT molecular complexity index is 1030. The fourth-order valence-corrected chi connectivity index (χ4v) is 6.09. The van der Waals surface area contributed by atoms with E-state index in [2.05, 4.69) is 31.9 Å². The van der Waals surface area contributed by atoms with Gasteiger partial charge in [0.1, 0.15) is 5.82 Å². The topological polar surface area (TPSA) is 53.1 Å². The molecule has 2 aliphatic heterocycles. The molecule has 4 rings (SSSR count). The first-order chi connectivity index (χ1) is 16.2. The molecule has 2 heterocycles. The number of carbonyl (C=O) groups is 2. The van der Waals surface area contributed by atoms with E-state index in [1.54, 1.807) is 36.0 Å². The van der Waals surface area contributed by atoms with Crippen LogP contribution in [0.25, 0.3) is 0 Å². The van der Waals surface area contributed by atoms with Crippen LogP contribution < -0.4 is 4.90 Å². The number of likely N-dealkylation sites (N-methyl/N-ethyl adjacent to an activating group) is 1. The monoisotopic (exact) mass is 595 g/mol. The number of amides is 3. The molecule has 0 aliphatic carbocycles. The molecule has 0 spiro atoms. The van der Waals surface area contributed by atoms with E-state index in [9.17, 15) is 14.0 Å². The van der Waals surface area contributed by atoms with Crippen LogP contribution in [-0.2, 0) is 9.53 Å². The Morgan fingerprint density at radius 2 is 1.62 bits per heavy atom. The molecule has 0 saturated carbocycles. The van der Waals surface area contributed by atoms with Crippen molar-refractivity contribution in [3.8, 4) is 0 Å². The van der Waals surface area contributed by atoms with Gasteiger partial charge in [-0.2, -0.15) is 0 Å². The first-order valence-electron chi connectivity index (χ1n) is 11.3. The number of likely N-dealkylation sites (tertiary alicyclic amines) is 1. The summed E-state index contributed by atoms with van der Waals surface area (Å²) in [7, 11) is 3.51. The molecule has 34 heavy (non-hydrogen) atoms. The molecule has 2 atom stereocenters. The van der Waals surface area contributed by atoms with Crippen LogP contribution in [0, 0.1) is 11.7 Å². The van der Waals surface area contributed by atoms with Gasteiger partial charge in [-0.25, -0.2) is 9.18 Å². The van der Waals surface area contributed by atoms with Crippen LogP contribution in [0.1, 0.15) is 24.3 Å². The molecule has 2 aromatic carbocycles. The third kappa shape index (κ3) is 5.47. The highest BCUT2D eigenvalue weighted by atomic mass is 79.9. The average Bonchev–Trinajstić information content (AvgIpc) is 3.28. The van der Waals surface area contributed by atoms with Gasteiger partial charge in [-0.05, 0) is 48.7 Å². The van der Waals surface area contributed by atoms with E-state index < -0.39 is 0 Å². The van der Waals surface area contributed by atoms with E-state index in [-0.39, 0.29) is 35.6 Å². The standard InChI is InChI=1S/C25H28Br2FN3O3/c1-29(21-12-18(26)11-19(27)13-21)25(33)30(2)23-15-31(24(32)17-7-9-34-10-8-17)14-22(23)16-3-5-20(28)6-4-16/h3-6,11-13,17,22-23H,7-10,14-15H2,1-2H3/t22-,23+/m0/s1. The van der Waals surface area contributed by atoms with Crippen LogP contribution in [0.15, 0.2) is 51.4 Å². The zero-order valence-electron chi connectivity index (χ0n) is 19.2. The highest BCUT2D eigenvalue weighted by Crippen LogP contribution is 2.34. The lowest BCUT2D eigenvalue weighted by molar-refractivity contribution is -0.137. The number of hydrogen-bond acceptors (Lipinski definition) is 3. The molecule has 0 radical (unpaired) electrons. The van der Waals surface area contributed by atoms with Crippen LogP contribution in [-0.4, -0.2) is 68.2 Å². The van der Waals surface area contributed by atoms with E-state index >= 15 is 0 Å². The summed E-state index contributed by atoms with van der Waals surface area (Å²) in [6, 6.07) is 11.6. The van der Waals surface area contributed by atoms with Crippen LogP contribution in [0.2, 0.25) is 0 Å². The second-order valence-corrected chi connectivity index (χ2v) is 10.8. The van der Waals surface area contributed by atoms with Gasteiger partial charge in [0.05, 0.1) is 6.04 Å². The minimum atomic E-state index is -0.308. The first-order valence-corrected chi connectivity index (χ1v) is 12.9. The maximum atomic E-state index is 13.6. The number of urea groups is 1. The van der Waals surface area contributed by atoms with Gasteiger partial charge in [-0.15, -0.1) is 0 Å². The average molecular weight is 597 g/mol. The number of rotatable bonds is 4. The lowest BCUT2D eigenvalue weighted by atomic mass is 9.93. The summed E-state index contributed by atoms with van der Waals surface area (Å²) in [6.07, 6.45) is 1.44. The van der Waals surface area contributed by atoms with E-state index in [0.29, 0.717) is 26.3 Å². The van der Waals surface area contributed by atoms with Crippen molar-refractivity contribution >= 4 is 49.5 Å². The number of benzene rings is 2. The fraction of sp³-hybridized carbons (Fsp3) is 0.440. The molecular weight excluding hydrogens is 569 g/mol. The van der Waals surface area contributed by atoms with Gasteiger partial charge in [0.25, 0.3) is 0 Å². The number of nitrogens with zero attached hydrogens (tertiary/aromatic N) is 3. The number of ether oxygens (including phenoxy) is 1. The molecule has 2 saturated heterocycles. The summed E-state index contributed by atoms with van der Waals surface area (Å²) in [4.78, 5) is 32.0. The molecule has 2 aliphatic rings. The van der Waals surface area contributed by atoms with Crippen molar-refractivity contribution in [2.45, 2.75) is 24.8 Å². The summed E-state index contributed by atoms with van der Waals surface area (Å²) in [5, 5.41) is 0. The van der Waals surface area contributed by atoms with E-state index in [1.807, 2.05) is 23.1 Å². The van der Waals surface area contributed by atoms with Gasteiger partial charge in [0.2, 0.25) is 5.91 Å². The summed E-state index contributed by atoms with van der Waals surface area (Å²) in [5.74, 6) is -0.356. The van der Waals surface area contributed by atoms with Crippen molar-refractivity contribution in [3.63, 3.8) is 0 Å². The second-order valence-electron chi connectivity index (χ2n) is 8.94. The summed E-state index contributed by atoms with van der Waals surface area (Å²) < 4.78 is 20.7. The highest BCUT2D eigenvalue weighted by Gasteiger charge is 2.42. The van der Waals surface area contributed by atoms with Crippen molar-refractivity contribution in [2.24, 2.45) is 5.92 Å². The number of carbonyl (C=O) groups excluding carboxylic acids is 2. The Morgan fingerprint density at radius 3 is 2.24 bits per heavy atom. The molecule has 0 bridgehead atoms. The molecule has 6 nitrogen and oxygen atoms in total. The normalized spacial score (nSPS) is 20.9. The third-order valence-corrected chi connectivity index (χ3v) is 7.71. The molecule has 3 amide bonds. The Kier molecular flexibility index (Phi) is 7.94. The molecule has 0 N–H and O–H groups in total. The number of halogens is 3. The minimum Gasteiger partial charge on any atom is -0.381 e. The van der Waals surface area contributed by atoms with Crippen molar-refractivity contribution < 1.29 is 18.7 Å². The Labute approximate surface area is 216 Å². The number of hydrogen-bond donors (Lipinski definition) is 0. The maximum Gasteiger partial charge on any atom is 0.324 e. The van der Waals surface area contributed by atoms with Crippen molar-refractivity contribution in [1.29, 1.82) is 0 Å². The molecule has 2 fully saturated rings. The van der Waals surface area contributed by atoms with Gasteiger partial charge < -0.3 is 14.5 Å². The lowest BCUT2D eigenvalue weighted by Gasteiger charge is -2.33.